The summed E-state index contributed by atoms with van der Waals surface area (Å²) in [5.74, 6) is -6.10. The number of aromatic nitrogens is 1. The molecule has 5 rings (SSSR count). The second-order valence-electron chi connectivity index (χ2n) is 11.2. The van der Waals surface area contributed by atoms with Gasteiger partial charge in [-0.2, -0.15) is 0 Å². The van der Waals surface area contributed by atoms with Gasteiger partial charge in [0, 0.05) is 31.0 Å². The maximum absolute atomic E-state index is 13.9. The number of nitrogens with one attached hydrogen (secondary N) is 4. The van der Waals surface area contributed by atoms with Crippen LogP contribution in [-0.2, 0) is 35.3 Å². The minimum absolute atomic E-state index is 0.120. The number of hydrogen-bond acceptors (Lipinski definition) is 10. The molecular weight excluding hydrogens is 626 g/mol. The number of pyridine rings is 1. The fourth-order valence-corrected chi connectivity index (χ4v) is 7.40. The van der Waals surface area contributed by atoms with E-state index in [-0.39, 0.29) is 30.9 Å². The van der Waals surface area contributed by atoms with Crippen LogP contribution in [0.25, 0.3) is 0 Å². The van der Waals surface area contributed by atoms with E-state index in [9.17, 15) is 48.6 Å². The average Bonchev–Trinajstić information content (AvgIpc) is 3.23. The highest BCUT2D eigenvalue weighted by Gasteiger charge is 2.74. The molecule has 3 saturated heterocycles. The minimum Gasteiger partial charge on any atom is -0.503 e. The van der Waals surface area contributed by atoms with Gasteiger partial charge >= 0.3 is 23.8 Å². The number of β-lactam (4-membered cyclic amide) rings is 1. The maximum Gasteiger partial charge on any atom is 0.352 e. The highest BCUT2D eigenvalue weighted by molar-refractivity contribution is 8.01. The Morgan fingerprint density at radius 2 is 1.80 bits per heavy atom. The van der Waals surface area contributed by atoms with Crippen LogP contribution in [0.15, 0.2) is 47.4 Å². The molecule has 4 heterocycles. The number of carboxylic acid groups (broad SMARTS) is 1. The zero-order chi connectivity index (χ0) is 33.6. The molecule has 0 bridgehead atoms. The number of piperazine rings is 1. The molecule has 46 heavy (non-hydrogen) atoms. The van der Waals surface area contributed by atoms with Gasteiger partial charge in [0.2, 0.25) is 23.4 Å². The summed E-state index contributed by atoms with van der Waals surface area (Å²) in [5.41, 5.74) is -2.54. The van der Waals surface area contributed by atoms with Gasteiger partial charge < -0.3 is 36.0 Å². The van der Waals surface area contributed by atoms with Crippen molar-refractivity contribution in [1.29, 1.82) is 0 Å². The molecule has 1 aromatic carbocycles. The number of imide groups is 1. The van der Waals surface area contributed by atoms with E-state index in [2.05, 4.69) is 20.9 Å². The van der Waals surface area contributed by atoms with Gasteiger partial charge in [0.1, 0.15) is 17.5 Å². The Labute approximate surface area is 264 Å². The SMILES string of the molecule is CC1(C)S[C@@H]2[C@H](NC=O)C(=O)N2[C@@]1(NC(=O)C(NC(=O)N1CCN(Cc2cc(=O)c(O)c[nH]2)C(=O)C1=O)c1ccccc1)C(=O)O. The Hall–Kier alpha value is -5.39. The predicted molar refractivity (Wildman–Crippen MR) is 157 cm³/mol. The van der Waals surface area contributed by atoms with Crippen LogP contribution in [0, 0.1) is 0 Å². The van der Waals surface area contributed by atoms with Crippen LogP contribution >= 0.6 is 11.8 Å². The van der Waals surface area contributed by atoms with Crippen molar-refractivity contribution in [2.45, 2.75) is 48.3 Å². The third-order valence-electron chi connectivity index (χ3n) is 8.08. The number of aromatic hydroxyl groups is 1. The monoisotopic (exact) mass is 655 g/mol. The lowest BCUT2D eigenvalue weighted by atomic mass is 9.88. The molecule has 6 N–H and O–H groups in total. The topological polar surface area (TPSA) is 239 Å². The molecule has 0 saturated carbocycles. The Kier molecular flexibility index (Phi) is 8.24. The zero-order valence-corrected chi connectivity index (χ0v) is 25.2. The lowest BCUT2D eigenvalue weighted by molar-refractivity contribution is -0.176. The Balaban J connectivity index is 1.37. The number of amides is 7. The molecular formula is C28H29N7O10S. The van der Waals surface area contributed by atoms with Crippen molar-refractivity contribution in [3.8, 4) is 5.75 Å². The van der Waals surface area contributed by atoms with E-state index in [0.29, 0.717) is 11.3 Å². The van der Waals surface area contributed by atoms with E-state index in [1.54, 1.807) is 18.2 Å². The molecule has 3 aliphatic rings. The molecule has 0 aliphatic carbocycles. The number of aromatic amines is 1. The van der Waals surface area contributed by atoms with Gasteiger partial charge in [-0.05, 0) is 19.4 Å². The molecule has 1 unspecified atom stereocenters. The fraction of sp³-hybridized carbons (Fsp3) is 0.357. The molecule has 1 aromatic heterocycles. The largest absolute Gasteiger partial charge is 0.503 e. The summed E-state index contributed by atoms with van der Waals surface area (Å²) in [7, 11) is 0. The van der Waals surface area contributed by atoms with E-state index in [4.69, 9.17) is 0 Å². The van der Waals surface area contributed by atoms with Gasteiger partial charge in [-0.15, -0.1) is 11.8 Å². The summed E-state index contributed by atoms with van der Waals surface area (Å²) in [5, 5.41) is 26.3. The van der Waals surface area contributed by atoms with Gasteiger partial charge in [0.05, 0.1) is 11.3 Å². The summed E-state index contributed by atoms with van der Waals surface area (Å²) in [4.78, 5) is 107. The number of fused-ring (bicyclic) bond motifs is 1. The van der Waals surface area contributed by atoms with Gasteiger partial charge in [0.15, 0.2) is 5.75 Å². The van der Waals surface area contributed by atoms with Crippen molar-refractivity contribution < 1.29 is 43.8 Å². The van der Waals surface area contributed by atoms with E-state index in [1.165, 1.54) is 26.0 Å². The third-order valence-corrected chi connectivity index (χ3v) is 9.69. The number of thioether (sulfide) groups is 1. The summed E-state index contributed by atoms with van der Waals surface area (Å²) >= 11 is 1.07. The molecule has 0 spiro atoms. The van der Waals surface area contributed by atoms with E-state index in [1.807, 2.05) is 0 Å². The van der Waals surface area contributed by atoms with Crippen LogP contribution in [0.4, 0.5) is 4.79 Å². The van der Waals surface area contributed by atoms with Crippen molar-refractivity contribution in [2.75, 3.05) is 13.1 Å². The molecule has 242 valence electrons. The van der Waals surface area contributed by atoms with Crippen molar-refractivity contribution in [3.05, 3.63) is 64.1 Å². The number of nitrogens with zero attached hydrogens (tertiary/aromatic N) is 3. The standard InChI is InChI=1S/C28H29N7O10S/c1-27(2)28(25(43)44,35-21(40)19(30-13-36)24(35)46-27)32-20(39)18(14-6-4-3-5-7-14)31-26(45)34-9-8-33(22(41)23(34)42)12-15-10-16(37)17(38)11-29-15/h3-7,10-11,13,18-19,24,38H,8-9,12H2,1-2H3,(H,29,37)(H,30,36)(H,31,45)(H,32,39)(H,43,44)/t18?,19-,24-,28+/m1/s1. The van der Waals surface area contributed by atoms with E-state index >= 15 is 0 Å². The molecule has 0 radical (unpaired) electrons. The van der Waals surface area contributed by atoms with Crippen LogP contribution in [0.5, 0.6) is 5.75 Å². The highest BCUT2D eigenvalue weighted by Crippen LogP contribution is 2.55. The van der Waals surface area contributed by atoms with Crippen molar-refractivity contribution in [3.63, 3.8) is 0 Å². The molecule has 3 fully saturated rings. The Bertz CT molecular complexity index is 1700. The summed E-state index contributed by atoms with van der Waals surface area (Å²) in [6.07, 6.45) is 1.37. The summed E-state index contributed by atoms with van der Waals surface area (Å²) in [6, 6.07) is 5.12. The summed E-state index contributed by atoms with van der Waals surface area (Å²) in [6.45, 7) is 2.45. The first-order valence-corrected chi connectivity index (χ1v) is 14.7. The number of carbonyl (C=O) groups is 7. The smallest absolute Gasteiger partial charge is 0.352 e. The number of H-pyrrole nitrogens is 1. The number of hydrogen-bond donors (Lipinski definition) is 6. The van der Waals surface area contributed by atoms with Crippen LogP contribution < -0.4 is 21.4 Å². The lowest BCUT2D eigenvalue weighted by Crippen LogP contribution is -2.80. The average molecular weight is 656 g/mol. The molecule has 4 atom stereocenters. The molecule has 7 amide bonds. The first-order chi connectivity index (χ1) is 21.7. The number of benzene rings is 1. The molecule has 2 aromatic rings. The third kappa shape index (κ3) is 5.19. The van der Waals surface area contributed by atoms with Crippen LogP contribution in [0.1, 0.15) is 31.1 Å². The second kappa shape index (κ2) is 11.8. The lowest BCUT2D eigenvalue weighted by Gasteiger charge is -2.49. The van der Waals surface area contributed by atoms with Crippen LogP contribution in [0.2, 0.25) is 0 Å². The fourth-order valence-electron chi connectivity index (χ4n) is 5.69. The Morgan fingerprint density at radius 3 is 2.43 bits per heavy atom. The van der Waals surface area contributed by atoms with Crippen molar-refractivity contribution in [2.24, 2.45) is 0 Å². The number of carboxylic acids is 1. The normalized spacial score (nSPS) is 24.0. The van der Waals surface area contributed by atoms with Crippen LogP contribution in [-0.4, -0.2) is 107 Å². The van der Waals surface area contributed by atoms with Crippen LogP contribution in [0.3, 0.4) is 0 Å². The first-order valence-electron chi connectivity index (χ1n) is 13.9. The van der Waals surface area contributed by atoms with E-state index in [0.717, 1.165) is 33.8 Å². The van der Waals surface area contributed by atoms with Crippen molar-refractivity contribution >= 4 is 53.8 Å². The predicted octanol–water partition coefficient (Wildman–Crippen LogP) is -1.59. The molecule has 3 aliphatic heterocycles. The quantitative estimate of drug-likeness (QED) is 0.102. The number of carbonyl (C=O) groups excluding carboxylic acids is 6. The van der Waals surface area contributed by atoms with Crippen molar-refractivity contribution in [1.82, 2.24) is 35.6 Å². The van der Waals surface area contributed by atoms with Gasteiger partial charge in [-0.3, -0.25) is 38.6 Å². The zero-order valence-electron chi connectivity index (χ0n) is 24.4. The van der Waals surface area contributed by atoms with E-state index < -0.39 is 74.7 Å². The van der Waals surface area contributed by atoms with Gasteiger partial charge in [0.25, 0.3) is 5.91 Å². The number of aliphatic carboxylic acids is 1. The number of urea groups is 1. The second-order valence-corrected chi connectivity index (χ2v) is 12.9. The maximum atomic E-state index is 13.9. The van der Waals surface area contributed by atoms with Gasteiger partial charge in [-0.25, -0.2) is 9.59 Å². The summed E-state index contributed by atoms with van der Waals surface area (Å²) < 4.78 is -1.32. The minimum atomic E-state index is -2.29. The first kappa shape index (κ1) is 32.0. The molecule has 18 heteroatoms. The molecule has 17 nitrogen and oxygen atoms in total. The highest BCUT2D eigenvalue weighted by atomic mass is 32.2. The number of rotatable bonds is 9. The Morgan fingerprint density at radius 1 is 1.11 bits per heavy atom. The van der Waals surface area contributed by atoms with Gasteiger partial charge in [-0.1, -0.05) is 30.3 Å².